The number of rotatable bonds is 2. The van der Waals surface area contributed by atoms with Crippen LogP contribution in [0.15, 0.2) is 24.4 Å². The zero-order chi connectivity index (χ0) is 10.1. The summed E-state index contributed by atoms with van der Waals surface area (Å²) in [6.07, 6.45) is 2.69. The molecule has 74 valence electrons. The van der Waals surface area contributed by atoms with Gasteiger partial charge in [0, 0.05) is 23.1 Å². The molecule has 0 radical (unpaired) electrons. The predicted octanol–water partition coefficient (Wildman–Crippen LogP) is 1.76. The van der Waals surface area contributed by atoms with Crippen LogP contribution in [0.4, 0.5) is 0 Å². The molecular weight excluding hydrogens is 176 g/mol. The molecule has 0 unspecified atom stereocenters. The molecule has 1 aromatic heterocycles. The van der Waals surface area contributed by atoms with Crippen LogP contribution in [0.3, 0.4) is 0 Å². The van der Waals surface area contributed by atoms with Crippen molar-refractivity contribution in [2.75, 3.05) is 0 Å². The van der Waals surface area contributed by atoms with E-state index in [0.29, 0.717) is 5.75 Å². The van der Waals surface area contributed by atoms with E-state index in [1.165, 1.54) is 0 Å². The molecule has 0 fully saturated rings. The number of hydrogen-bond donors (Lipinski definition) is 3. The number of aromatic hydroxyl groups is 1. The number of H-pyrrole nitrogens is 1. The van der Waals surface area contributed by atoms with Crippen LogP contribution in [0.1, 0.15) is 12.5 Å². The molecule has 0 saturated carbocycles. The van der Waals surface area contributed by atoms with E-state index in [4.69, 9.17) is 5.73 Å². The first-order chi connectivity index (χ1) is 6.68. The lowest BCUT2D eigenvalue weighted by atomic mass is 10.1. The maximum absolute atomic E-state index is 9.69. The van der Waals surface area contributed by atoms with Crippen LogP contribution in [-0.2, 0) is 6.42 Å². The number of fused-ring (bicyclic) bond motifs is 1. The van der Waals surface area contributed by atoms with E-state index < -0.39 is 0 Å². The molecule has 2 aromatic rings. The molecule has 0 aliphatic heterocycles. The van der Waals surface area contributed by atoms with Gasteiger partial charge in [0.05, 0.1) is 0 Å². The topological polar surface area (TPSA) is 62.0 Å². The third-order valence-electron chi connectivity index (χ3n) is 2.31. The van der Waals surface area contributed by atoms with E-state index in [2.05, 4.69) is 4.98 Å². The Morgan fingerprint density at radius 2 is 2.29 bits per heavy atom. The van der Waals surface area contributed by atoms with Gasteiger partial charge in [-0.1, -0.05) is 6.07 Å². The predicted molar refractivity (Wildman–Crippen MR) is 57.3 cm³/mol. The van der Waals surface area contributed by atoms with Crippen LogP contribution in [-0.4, -0.2) is 16.1 Å². The maximum atomic E-state index is 9.69. The largest absolute Gasteiger partial charge is 0.507 e. The molecule has 0 spiro atoms. The maximum Gasteiger partial charge on any atom is 0.125 e. The Morgan fingerprint density at radius 3 is 3.00 bits per heavy atom. The fourth-order valence-corrected chi connectivity index (χ4v) is 1.74. The van der Waals surface area contributed by atoms with E-state index in [1.807, 2.05) is 25.3 Å². The van der Waals surface area contributed by atoms with Gasteiger partial charge in [0.2, 0.25) is 0 Å². The summed E-state index contributed by atoms with van der Waals surface area (Å²) < 4.78 is 0. The summed E-state index contributed by atoms with van der Waals surface area (Å²) in [4.78, 5) is 3.12. The molecule has 0 aliphatic rings. The Bertz CT molecular complexity index is 445. The lowest BCUT2D eigenvalue weighted by Gasteiger charge is -2.03. The normalized spacial score (nSPS) is 13.3. The summed E-state index contributed by atoms with van der Waals surface area (Å²) in [5.41, 5.74) is 7.77. The molecule has 0 saturated heterocycles. The molecule has 2 rings (SSSR count). The Labute approximate surface area is 82.6 Å². The average molecular weight is 190 g/mol. The average Bonchev–Trinajstić information content (AvgIpc) is 2.49. The zero-order valence-corrected chi connectivity index (χ0v) is 8.12. The van der Waals surface area contributed by atoms with Gasteiger partial charge < -0.3 is 15.8 Å². The summed E-state index contributed by atoms with van der Waals surface area (Å²) in [6.45, 7) is 1.96. The third kappa shape index (κ3) is 1.46. The highest BCUT2D eigenvalue weighted by Gasteiger charge is 2.08. The second-order valence-corrected chi connectivity index (χ2v) is 3.70. The standard InChI is InChI=1S/C11H14N2O/c1-7(12)5-8-6-13-9-3-2-4-10(14)11(8)9/h2-4,6-7,13-14H,5,12H2,1H3/t7-/m1/s1. The van der Waals surface area contributed by atoms with Crippen LogP contribution >= 0.6 is 0 Å². The van der Waals surface area contributed by atoms with Crippen molar-refractivity contribution in [3.63, 3.8) is 0 Å². The summed E-state index contributed by atoms with van der Waals surface area (Å²) in [5.74, 6) is 0.319. The number of aromatic amines is 1. The van der Waals surface area contributed by atoms with Crippen LogP contribution < -0.4 is 5.73 Å². The van der Waals surface area contributed by atoms with Gasteiger partial charge in [-0.05, 0) is 31.0 Å². The highest BCUT2D eigenvalue weighted by Crippen LogP contribution is 2.27. The molecular formula is C11H14N2O. The second kappa shape index (κ2) is 3.35. The lowest BCUT2D eigenvalue weighted by molar-refractivity contribution is 0.481. The fourth-order valence-electron chi connectivity index (χ4n) is 1.74. The Kier molecular flexibility index (Phi) is 2.17. The first-order valence-electron chi connectivity index (χ1n) is 4.72. The smallest absolute Gasteiger partial charge is 0.125 e. The fraction of sp³-hybridized carbons (Fsp3) is 0.273. The first-order valence-corrected chi connectivity index (χ1v) is 4.72. The van der Waals surface area contributed by atoms with Crippen molar-refractivity contribution in [2.24, 2.45) is 5.73 Å². The number of phenols is 1. The second-order valence-electron chi connectivity index (χ2n) is 3.70. The van der Waals surface area contributed by atoms with Crippen molar-refractivity contribution in [1.82, 2.24) is 4.98 Å². The van der Waals surface area contributed by atoms with Crippen LogP contribution in [0.25, 0.3) is 10.9 Å². The van der Waals surface area contributed by atoms with Crippen molar-refractivity contribution in [2.45, 2.75) is 19.4 Å². The number of hydrogen-bond acceptors (Lipinski definition) is 2. The molecule has 1 atom stereocenters. The van der Waals surface area contributed by atoms with Crippen LogP contribution in [0.2, 0.25) is 0 Å². The van der Waals surface area contributed by atoms with Gasteiger partial charge in [0.25, 0.3) is 0 Å². The van der Waals surface area contributed by atoms with Crippen molar-refractivity contribution in [3.05, 3.63) is 30.0 Å². The van der Waals surface area contributed by atoms with E-state index in [-0.39, 0.29) is 6.04 Å². The molecule has 1 aromatic carbocycles. The van der Waals surface area contributed by atoms with E-state index >= 15 is 0 Å². The molecule has 4 N–H and O–H groups in total. The quantitative estimate of drug-likeness (QED) is 0.675. The van der Waals surface area contributed by atoms with Gasteiger partial charge >= 0.3 is 0 Å². The summed E-state index contributed by atoms with van der Waals surface area (Å²) in [6, 6.07) is 5.57. The molecule has 3 heteroatoms. The minimum Gasteiger partial charge on any atom is -0.507 e. The Morgan fingerprint density at radius 1 is 1.50 bits per heavy atom. The summed E-state index contributed by atoms with van der Waals surface area (Å²) >= 11 is 0. The monoisotopic (exact) mass is 190 g/mol. The molecule has 0 aliphatic carbocycles. The number of nitrogens with two attached hydrogens (primary N) is 1. The number of phenolic OH excluding ortho intramolecular Hbond substituents is 1. The molecule has 0 amide bonds. The SMILES string of the molecule is C[C@@H](N)Cc1c[nH]c2cccc(O)c12. The lowest BCUT2D eigenvalue weighted by Crippen LogP contribution is -2.17. The van der Waals surface area contributed by atoms with Crippen molar-refractivity contribution >= 4 is 10.9 Å². The van der Waals surface area contributed by atoms with Crippen molar-refractivity contribution in [1.29, 1.82) is 0 Å². The van der Waals surface area contributed by atoms with Gasteiger partial charge in [-0.2, -0.15) is 0 Å². The summed E-state index contributed by atoms with van der Waals surface area (Å²) in [5, 5.41) is 10.6. The molecule has 0 bridgehead atoms. The highest BCUT2D eigenvalue weighted by atomic mass is 16.3. The van der Waals surface area contributed by atoms with E-state index in [1.54, 1.807) is 6.07 Å². The minimum atomic E-state index is 0.105. The van der Waals surface area contributed by atoms with Gasteiger partial charge in [-0.3, -0.25) is 0 Å². The number of benzene rings is 1. The molecule has 14 heavy (non-hydrogen) atoms. The Balaban J connectivity index is 2.55. The van der Waals surface area contributed by atoms with Gasteiger partial charge in [0.1, 0.15) is 5.75 Å². The van der Waals surface area contributed by atoms with Gasteiger partial charge in [-0.25, -0.2) is 0 Å². The molecule has 1 heterocycles. The number of aromatic nitrogens is 1. The van der Waals surface area contributed by atoms with E-state index in [9.17, 15) is 5.11 Å². The first kappa shape index (κ1) is 9.09. The minimum absolute atomic E-state index is 0.105. The van der Waals surface area contributed by atoms with E-state index in [0.717, 1.165) is 22.9 Å². The Hall–Kier alpha value is -1.48. The van der Waals surface area contributed by atoms with Gasteiger partial charge in [-0.15, -0.1) is 0 Å². The summed E-state index contributed by atoms with van der Waals surface area (Å²) in [7, 11) is 0. The van der Waals surface area contributed by atoms with Crippen molar-refractivity contribution < 1.29 is 5.11 Å². The van der Waals surface area contributed by atoms with Crippen molar-refractivity contribution in [3.8, 4) is 5.75 Å². The van der Waals surface area contributed by atoms with Crippen LogP contribution in [0, 0.1) is 0 Å². The molecule has 3 nitrogen and oxygen atoms in total. The van der Waals surface area contributed by atoms with Gasteiger partial charge in [0.15, 0.2) is 0 Å². The third-order valence-corrected chi connectivity index (χ3v) is 2.31. The zero-order valence-electron chi connectivity index (χ0n) is 8.12. The number of nitrogens with one attached hydrogen (secondary N) is 1. The van der Waals surface area contributed by atoms with Crippen LogP contribution in [0.5, 0.6) is 5.75 Å². The highest BCUT2D eigenvalue weighted by molar-refractivity contribution is 5.89.